The average Bonchev–Trinajstić information content (AvgIpc) is 2.80. The molecule has 0 bridgehead atoms. The van der Waals surface area contributed by atoms with Gasteiger partial charge < -0.3 is 4.90 Å². The zero-order valence-electron chi connectivity index (χ0n) is 17.5. The molecule has 1 aliphatic rings. The molecule has 3 aromatic rings. The van der Waals surface area contributed by atoms with Gasteiger partial charge in [0, 0.05) is 36.5 Å². The minimum atomic E-state index is -3.86. The van der Waals surface area contributed by atoms with E-state index in [4.69, 9.17) is 0 Å². The fourth-order valence-electron chi connectivity index (χ4n) is 3.56. The van der Waals surface area contributed by atoms with Crippen LogP contribution in [0.4, 0.5) is 17.2 Å². The zero-order chi connectivity index (χ0) is 22.7. The Kier molecular flexibility index (Phi) is 6.04. The number of aromatic nitrogens is 2. The zero-order valence-corrected chi connectivity index (χ0v) is 18.3. The number of non-ortho nitro benzene ring substituents is 1. The highest BCUT2D eigenvalue weighted by Gasteiger charge is 2.18. The first kappa shape index (κ1) is 21.7. The predicted octanol–water partition coefficient (Wildman–Crippen LogP) is 4.09. The van der Waals surface area contributed by atoms with E-state index in [0.717, 1.165) is 55.4 Å². The molecule has 1 fully saturated rings. The highest BCUT2D eigenvalue weighted by molar-refractivity contribution is 7.92. The maximum absolute atomic E-state index is 12.5. The number of nitro groups is 1. The fourth-order valence-corrected chi connectivity index (χ4v) is 4.61. The third-order valence-corrected chi connectivity index (χ3v) is 6.95. The lowest BCUT2D eigenvalue weighted by atomic mass is 9.99. The van der Waals surface area contributed by atoms with Crippen molar-refractivity contribution in [2.24, 2.45) is 5.92 Å². The lowest BCUT2D eigenvalue weighted by Gasteiger charge is -2.30. The lowest BCUT2D eigenvalue weighted by molar-refractivity contribution is -0.384. The van der Waals surface area contributed by atoms with Crippen LogP contribution in [0.2, 0.25) is 0 Å². The second kappa shape index (κ2) is 8.91. The molecule has 1 N–H and O–H groups in total. The highest BCUT2D eigenvalue weighted by atomic mass is 32.2. The molecule has 0 spiro atoms. The largest absolute Gasteiger partial charge is 0.355 e. The molecule has 32 heavy (non-hydrogen) atoms. The number of nitro benzene ring substituents is 1. The van der Waals surface area contributed by atoms with Gasteiger partial charge in [-0.2, -0.15) is 0 Å². The Balaban J connectivity index is 1.44. The molecule has 1 saturated heterocycles. The molecule has 1 aromatic heterocycles. The van der Waals surface area contributed by atoms with E-state index in [1.54, 1.807) is 24.3 Å². The molecule has 2 aromatic carbocycles. The van der Waals surface area contributed by atoms with E-state index in [9.17, 15) is 18.5 Å². The SMILES string of the molecule is CC1CCN(c2ccc(-c3ccc(NS(=O)(=O)c4ccc([N+](=O)[O-])cc4)cc3)nn2)CC1. The van der Waals surface area contributed by atoms with Crippen molar-refractivity contribution in [1.82, 2.24) is 10.2 Å². The van der Waals surface area contributed by atoms with Crippen LogP contribution in [-0.2, 0) is 10.0 Å². The highest BCUT2D eigenvalue weighted by Crippen LogP contribution is 2.25. The smallest absolute Gasteiger partial charge is 0.269 e. The van der Waals surface area contributed by atoms with E-state index in [1.807, 2.05) is 12.1 Å². The van der Waals surface area contributed by atoms with Gasteiger partial charge in [0.1, 0.15) is 0 Å². The van der Waals surface area contributed by atoms with Gasteiger partial charge in [-0.25, -0.2) is 8.42 Å². The van der Waals surface area contributed by atoms with Crippen LogP contribution in [0.3, 0.4) is 0 Å². The van der Waals surface area contributed by atoms with Crippen molar-refractivity contribution in [3.8, 4) is 11.3 Å². The molecule has 0 aliphatic carbocycles. The second-order valence-electron chi connectivity index (χ2n) is 7.88. The van der Waals surface area contributed by atoms with Crippen LogP contribution in [0.1, 0.15) is 19.8 Å². The first-order chi connectivity index (χ1) is 15.3. The molecule has 10 heteroatoms. The number of hydrogen-bond acceptors (Lipinski definition) is 7. The van der Waals surface area contributed by atoms with Crippen molar-refractivity contribution in [3.05, 3.63) is 70.8 Å². The van der Waals surface area contributed by atoms with Gasteiger partial charge in [-0.3, -0.25) is 14.8 Å². The summed E-state index contributed by atoms with van der Waals surface area (Å²) in [5, 5.41) is 19.4. The molecular weight excluding hydrogens is 430 g/mol. The normalized spacial score (nSPS) is 14.8. The number of benzene rings is 2. The molecule has 9 nitrogen and oxygen atoms in total. The summed E-state index contributed by atoms with van der Waals surface area (Å²) in [7, 11) is -3.86. The first-order valence-electron chi connectivity index (χ1n) is 10.3. The van der Waals surface area contributed by atoms with Crippen LogP contribution in [-0.4, -0.2) is 36.6 Å². The molecule has 0 saturated carbocycles. The van der Waals surface area contributed by atoms with Crippen LogP contribution in [0.25, 0.3) is 11.3 Å². The number of rotatable bonds is 6. The van der Waals surface area contributed by atoms with Gasteiger partial charge >= 0.3 is 0 Å². The van der Waals surface area contributed by atoms with Crippen LogP contribution in [0.5, 0.6) is 0 Å². The van der Waals surface area contributed by atoms with Gasteiger partial charge in [0.2, 0.25) is 0 Å². The van der Waals surface area contributed by atoms with Crippen LogP contribution < -0.4 is 9.62 Å². The standard InChI is InChI=1S/C22H23N5O4S/c1-16-12-14-26(15-13-16)22-11-10-21(23-24-22)17-2-4-18(5-3-17)25-32(30,31)20-8-6-19(7-9-20)27(28)29/h2-11,16,25H,12-15H2,1H3. The fraction of sp³-hybridized carbons (Fsp3) is 0.273. The van der Waals surface area contributed by atoms with Crippen molar-refractivity contribution >= 4 is 27.2 Å². The molecular formula is C22H23N5O4S. The summed E-state index contributed by atoms with van der Waals surface area (Å²) in [6.07, 6.45) is 2.31. The number of nitrogens with one attached hydrogen (secondary N) is 1. The average molecular weight is 454 g/mol. The Hall–Kier alpha value is -3.53. The molecule has 0 unspecified atom stereocenters. The van der Waals surface area contributed by atoms with Crippen molar-refractivity contribution in [2.75, 3.05) is 22.7 Å². The van der Waals surface area contributed by atoms with Crippen LogP contribution >= 0.6 is 0 Å². The monoisotopic (exact) mass is 453 g/mol. The maximum atomic E-state index is 12.5. The third-order valence-electron chi connectivity index (χ3n) is 5.55. The summed E-state index contributed by atoms with van der Waals surface area (Å²) < 4.78 is 27.6. The Morgan fingerprint density at radius 3 is 2.19 bits per heavy atom. The third kappa shape index (κ3) is 4.86. The Morgan fingerprint density at radius 2 is 1.62 bits per heavy atom. The van der Waals surface area contributed by atoms with E-state index in [0.29, 0.717) is 11.4 Å². The summed E-state index contributed by atoms with van der Waals surface area (Å²) in [6, 6.07) is 15.4. The summed E-state index contributed by atoms with van der Waals surface area (Å²) in [4.78, 5) is 12.4. The van der Waals surface area contributed by atoms with Crippen molar-refractivity contribution in [3.63, 3.8) is 0 Å². The quantitative estimate of drug-likeness (QED) is 0.441. The predicted molar refractivity (Wildman–Crippen MR) is 122 cm³/mol. The Bertz CT molecular complexity index is 1190. The van der Waals surface area contributed by atoms with Gasteiger partial charge in [0.15, 0.2) is 5.82 Å². The topological polar surface area (TPSA) is 118 Å². The number of anilines is 2. The van der Waals surface area contributed by atoms with Crippen LogP contribution in [0.15, 0.2) is 65.6 Å². The second-order valence-corrected chi connectivity index (χ2v) is 9.56. The molecule has 1 aliphatic heterocycles. The molecule has 166 valence electrons. The summed E-state index contributed by atoms with van der Waals surface area (Å²) >= 11 is 0. The van der Waals surface area contributed by atoms with Crippen molar-refractivity contribution < 1.29 is 13.3 Å². The van der Waals surface area contributed by atoms with E-state index in [1.165, 1.54) is 12.1 Å². The molecule has 0 amide bonds. The number of piperidine rings is 1. The molecule has 2 heterocycles. The van der Waals surface area contributed by atoms with Gasteiger partial charge in [-0.1, -0.05) is 19.1 Å². The van der Waals surface area contributed by atoms with Crippen molar-refractivity contribution in [2.45, 2.75) is 24.7 Å². The first-order valence-corrected chi connectivity index (χ1v) is 11.8. The molecule has 0 atom stereocenters. The maximum Gasteiger partial charge on any atom is 0.269 e. The Morgan fingerprint density at radius 1 is 0.969 bits per heavy atom. The summed E-state index contributed by atoms with van der Waals surface area (Å²) in [5.74, 6) is 1.61. The van der Waals surface area contributed by atoms with Gasteiger partial charge in [-0.05, 0) is 55.2 Å². The van der Waals surface area contributed by atoms with Crippen LogP contribution in [0, 0.1) is 16.0 Å². The number of hydrogen-bond donors (Lipinski definition) is 1. The van der Waals surface area contributed by atoms with Gasteiger partial charge in [0.25, 0.3) is 15.7 Å². The summed E-state index contributed by atoms with van der Waals surface area (Å²) in [6.45, 7) is 4.24. The summed E-state index contributed by atoms with van der Waals surface area (Å²) in [5.41, 5.74) is 1.72. The van der Waals surface area contributed by atoms with E-state index < -0.39 is 14.9 Å². The lowest BCUT2D eigenvalue weighted by Crippen LogP contribution is -2.33. The van der Waals surface area contributed by atoms with Gasteiger partial charge in [0.05, 0.1) is 15.5 Å². The Labute approximate surface area is 186 Å². The minimum absolute atomic E-state index is 0.0549. The molecule has 0 radical (unpaired) electrons. The molecule has 4 rings (SSSR count). The number of sulfonamides is 1. The van der Waals surface area contributed by atoms with E-state index in [2.05, 4.69) is 26.7 Å². The van der Waals surface area contributed by atoms with Crippen molar-refractivity contribution in [1.29, 1.82) is 0 Å². The van der Waals surface area contributed by atoms with Gasteiger partial charge in [-0.15, -0.1) is 10.2 Å². The number of nitrogens with zero attached hydrogens (tertiary/aromatic N) is 4. The minimum Gasteiger partial charge on any atom is -0.355 e. The van der Waals surface area contributed by atoms with E-state index in [-0.39, 0.29) is 10.6 Å². The van der Waals surface area contributed by atoms with E-state index >= 15 is 0 Å².